The van der Waals surface area contributed by atoms with E-state index in [0.29, 0.717) is 13.2 Å². The summed E-state index contributed by atoms with van der Waals surface area (Å²) in [4.78, 5) is 21.2. The maximum Gasteiger partial charge on any atom is 0.290 e. The molecule has 8 nitrogen and oxygen atoms in total. The van der Waals surface area contributed by atoms with E-state index >= 15 is 0 Å². The third kappa shape index (κ3) is 7.65. The summed E-state index contributed by atoms with van der Waals surface area (Å²) in [6.07, 6.45) is 5.33. The van der Waals surface area contributed by atoms with Crippen LogP contribution in [0, 0.1) is 0 Å². The molecule has 0 fully saturated rings. The molecule has 27 heavy (non-hydrogen) atoms. The Morgan fingerprint density at radius 2 is 2.07 bits per heavy atom. The van der Waals surface area contributed by atoms with Gasteiger partial charge >= 0.3 is 0 Å². The van der Waals surface area contributed by atoms with E-state index in [4.69, 9.17) is 19.2 Å². The number of hydrogen-bond donors (Lipinski definition) is 2. The van der Waals surface area contributed by atoms with Gasteiger partial charge in [-0.15, -0.1) is 0 Å². The largest absolute Gasteiger partial charge is 0.493 e. The van der Waals surface area contributed by atoms with Crippen molar-refractivity contribution in [2.75, 3.05) is 32.8 Å². The van der Waals surface area contributed by atoms with Crippen molar-refractivity contribution in [3.05, 3.63) is 23.9 Å². The van der Waals surface area contributed by atoms with Crippen LogP contribution in [0.1, 0.15) is 32.3 Å². The molecular formula is C19H29N3O5. The monoisotopic (exact) mass is 379 g/mol. The number of hydrogen-bond acceptors (Lipinski definition) is 6. The molecule has 1 aromatic carbocycles. The molecule has 0 aliphatic heterocycles. The molecule has 0 spiro atoms. The fraction of sp³-hybridized carbons (Fsp3) is 0.526. The zero-order valence-electron chi connectivity index (χ0n) is 16.0. The number of aryl methyl sites for hydroxylation is 1. The van der Waals surface area contributed by atoms with E-state index in [1.165, 1.54) is 0 Å². The summed E-state index contributed by atoms with van der Waals surface area (Å²) < 4.78 is 11.3. The first kappa shape index (κ1) is 22.4. The second kappa shape index (κ2) is 13.6. The molecule has 0 aliphatic rings. The van der Waals surface area contributed by atoms with Gasteiger partial charge in [-0.1, -0.05) is 25.4 Å². The van der Waals surface area contributed by atoms with Gasteiger partial charge in [0.1, 0.15) is 5.75 Å². The minimum absolute atomic E-state index is 0.250. The number of nitrogens with zero attached hydrogens (tertiary/aromatic N) is 2. The van der Waals surface area contributed by atoms with Crippen LogP contribution in [0.2, 0.25) is 0 Å². The fourth-order valence-electron chi connectivity index (χ4n) is 2.66. The molecule has 2 N–H and O–H groups in total. The predicted molar refractivity (Wildman–Crippen MR) is 103 cm³/mol. The Hall–Kier alpha value is -2.61. The first-order valence-electron chi connectivity index (χ1n) is 9.18. The Bertz CT molecular complexity index is 674. The lowest BCUT2D eigenvalue weighted by Crippen LogP contribution is -2.32. The van der Waals surface area contributed by atoms with Crippen molar-refractivity contribution in [3.63, 3.8) is 0 Å². The highest BCUT2D eigenvalue weighted by molar-refractivity contribution is 5.81. The summed E-state index contributed by atoms with van der Waals surface area (Å²) >= 11 is 0. The van der Waals surface area contributed by atoms with Gasteiger partial charge in [0.25, 0.3) is 6.47 Å². The van der Waals surface area contributed by atoms with Crippen LogP contribution >= 0.6 is 0 Å². The summed E-state index contributed by atoms with van der Waals surface area (Å²) in [5.74, 6) is 0.853. The molecule has 0 aliphatic carbocycles. The Balaban J connectivity index is 0.00000114. The number of benzene rings is 1. The van der Waals surface area contributed by atoms with Crippen molar-refractivity contribution in [1.29, 1.82) is 0 Å². The van der Waals surface area contributed by atoms with Gasteiger partial charge < -0.3 is 24.6 Å². The van der Waals surface area contributed by atoms with E-state index in [9.17, 15) is 4.79 Å². The van der Waals surface area contributed by atoms with E-state index in [2.05, 4.69) is 24.3 Å². The summed E-state index contributed by atoms with van der Waals surface area (Å²) in [5.41, 5.74) is 1.89. The van der Waals surface area contributed by atoms with Crippen LogP contribution in [-0.2, 0) is 16.0 Å². The SMILES string of the molecule is CCCc1c(OCCCN(C=O)CCNCC)ccc2cnoc12.O=CO. The number of nitrogens with one attached hydrogen (secondary N) is 1. The van der Waals surface area contributed by atoms with Gasteiger partial charge in [-0.25, -0.2) is 0 Å². The lowest BCUT2D eigenvalue weighted by Gasteiger charge is -2.18. The van der Waals surface area contributed by atoms with Gasteiger partial charge in [0.15, 0.2) is 5.58 Å². The second-order valence-electron chi connectivity index (χ2n) is 5.84. The van der Waals surface area contributed by atoms with Gasteiger partial charge in [0.2, 0.25) is 6.41 Å². The summed E-state index contributed by atoms with van der Waals surface area (Å²) in [7, 11) is 0. The number of carbonyl (C=O) groups is 2. The molecule has 2 rings (SSSR count). The number of likely N-dealkylation sites (N-methyl/N-ethyl adjacent to an activating group) is 1. The van der Waals surface area contributed by atoms with E-state index < -0.39 is 0 Å². The third-order valence-corrected chi connectivity index (χ3v) is 3.91. The number of fused-ring (bicyclic) bond motifs is 1. The molecule has 0 bridgehead atoms. The number of amides is 1. The van der Waals surface area contributed by atoms with Gasteiger partial charge in [0.05, 0.1) is 12.8 Å². The molecule has 0 saturated carbocycles. The quantitative estimate of drug-likeness (QED) is 0.431. The molecule has 0 radical (unpaired) electrons. The van der Waals surface area contributed by atoms with E-state index in [1.807, 2.05) is 12.1 Å². The Labute approximate surface area is 159 Å². The van der Waals surface area contributed by atoms with E-state index in [-0.39, 0.29) is 6.47 Å². The second-order valence-corrected chi connectivity index (χ2v) is 5.84. The molecule has 0 unspecified atom stereocenters. The molecule has 8 heteroatoms. The number of aromatic nitrogens is 1. The highest BCUT2D eigenvalue weighted by Crippen LogP contribution is 2.29. The smallest absolute Gasteiger partial charge is 0.290 e. The maximum absolute atomic E-state index is 11.1. The van der Waals surface area contributed by atoms with Gasteiger partial charge in [-0.3, -0.25) is 9.59 Å². The number of carbonyl (C=O) groups excluding carboxylic acids is 1. The first-order valence-corrected chi connectivity index (χ1v) is 9.18. The van der Waals surface area contributed by atoms with Crippen LogP contribution in [0.4, 0.5) is 0 Å². The van der Waals surface area contributed by atoms with Crippen molar-refractivity contribution in [1.82, 2.24) is 15.4 Å². The van der Waals surface area contributed by atoms with E-state index in [0.717, 1.165) is 67.6 Å². The maximum atomic E-state index is 11.1. The van der Waals surface area contributed by atoms with Gasteiger partial charge in [-0.2, -0.15) is 0 Å². The topological polar surface area (TPSA) is 105 Å². The predicted octanol–water partition coefficient (Wildman–Crippen LogP) is 2.32. The third-order valence-electron chi connectivity index (χ3n) is 3.91. The van der Waals surface area contributed by atoms with E-state index in [1.54, 1.807) is 11.1 Å². The number of ether oxygens (including phenoxy) is 1. The zero-order chi connectivity index (χ0) is 19.9. The standard InChI is InChI=1S/C18H27N3O3.CH2O2/c1-3-6-16-17(8-7-15-13-20-24-18(15)16)23-12-5-10-21(14-22)11-9-19-4-2;2-1-3/h7-8,13-14,19H,3-6,9-12H2,1-2H3;1H,(H,2,3). The molecular weight excluding hydrogens is 350 g/mol. The van der Waals surface area contributed by atoms with Crippen LogP contribution in [-0.4, -0.2) is 60.8 Å². The van der Waals surface area contributed by atoms with Crippen molar-refractivity contribution >= 4 is 23.9 Å². The van der Waals surface area contributed by atoms with Crippen molar-refractivity contribution < 1.29 is 24.0 Å². The summed E-state index contributed by atoms with van der Waals surface area (Å²) in [5, 5.41) is 15.0. The Morgan fingerprint density at radius 3 is 2.74 bits per heavy atom. The average molecular weight is 379 g/mol. The number of carboxylic acid groups (broad SMARTS) is 1. The molecule has 1 heterocycles. The van der Waals surface area contributed by atoms with Crippen LogP contribution in [0.5, 0.6) is 5.75 Å². The van der Waals surface area contributed by atoms with Crippen LogP contribution in [0.15, 0.2) is 22.9 Å². The minimum atomic E-state index is -0.250. The lowest BCUT2D eigenvalue weighted by atomic mass is 10.1. The van der Waals surface area contributed by atoms with Crippen LogP contribution in [0.3, 0.4) is 0 Å². The normalized spacial score (nSPS) is 10.1. The van der Waals surface area contributed by atoms with Crippen LogP contribution in [0.25, 0.3) is 11.0 Å². The molecule has 0 atom stereocenters. The highest BCUT2D eigenvalue weighted by Gasteiger charge is 2.12. The molecule has 0 saturated heterocycles. The minimum Gasteiger partial charge on any atom is -0.493 e. The van der Waals surface area contributed by atoms with Gasteiger partial charge in [0, 0.05) is 30.6 Å². The number of rotatable bonds is 12. The highest BCUT2D eigenvalue weighted by atomic mass is 16.5. The van der Waals surface area contributed by atoms with Gasteiger partial charge in [-0.05, 0) is 31.5 Å². The molecule has 1 aromatic heterocycles. The Morgan fingerprint density at radius 1 is 1.30 bits per heavy atom. The first-order chi connectivity index (χ1) is 13.2. The average Bonchev–Trinajstić information content (AvgIpc) is 3.15. The molecule has 1 amide bonds. The van der Waals surface area contributed by atoms with Crippen molar-refractivity contribution in [2.24, 2.45) is 0 Å². The molecule has 150 valence electrons. The zero-order valence-corrected chi connectivity index (χ0v) is 16.0. The fourth-order valence-corrected chi connectivity index (χ4v) is 2.66. The molecule has 2 aromatic rings. The summed E-state index contributed by atoms with van der Waals surface area (Å²) in [6.45, 7) is 7.66. The van der Waals surface area contributed by atoms with Crippen LogP contribution < -0.4 is 10.1 Å². The summed E-state index contributed by atoms with van der Waals surface area (Å²) in [6, 6.07) is 3.95. The lowest BCUT2D eigenvalue weighted by molar-refractivity contribution is -0.123. The Kier molecular flexibility index (Phi) is 11.3. The van der Waals surface area contributed by atoms with Crippen molar-refractivity contribution in [3.8, 4) is 5.75 Å². The van der Waals surface area contributed by atoms with Crippen molar-refractivity contribution in [2.45, 2.75) is 33.1 Å².